The van der Waals surface area contributed by atoms with Gasteiger partial charge in [0.2, 0.25) is 0 Å². The van der Waals surface area contributed by atoms with Gasteiger partial charge in [-0.2, -0.15) is 0 Å². The second-order valence-electron chi connectivity index (χ2n) is 3.57. The Morgan fingerprint density at radius 2 is 2.00 bits per heavy atom. The average Bonchev–Trinajstić information content (AvgIpc) is 2.29. The maximum Gasteiger partial charge on any atom is 0.404 e. The Balaban J connectivity index is 2.09. The van der Waals surface area contributed by atoms with Crippen LogP contribution in [0.4, 0.5) is 9.18 Å². The lowest BCUT2D eigenvalue weighted by atomic mass is 10.1. The molecule has 0 unspecified atom stereocenters. The van der Waals surface area contributed by atoms with Gasteiger partial charge in [0.25, 0.3) is 0 Å². The molecule has 1 aromatic carbocycles. The van der Waals surface area contributed by atoms with Gasteiger partial charge in [0.1, 0.15) is 19.0 Å². The number of hydrogen-bond donors (Lipinski definition) is 2. The van der Waals surface area contributed by atoms with Gasteiger partial charge < -0.3 is 19.9 Å². The topological polar surface area (TPSA) is 67.8 Å². The number of fused-ring (bicyclic) bond motifs is 1. The van der Waals surface area contributed by atoms with Crippen molar-refractivity contribution >= 4 is 6.09 Å². The van der Waals surface area contributed by atoms with Gasteiger partial charge in [-0.05, 0) is 18.1 Å². The fraction of sp³-hybridized carbons (Fsp3) is 0.364. The molecule has 0 spiro atoms. The lowest BCUT2D eigenvalue weighted by Gasteiger charge is -2.19. The highest BCUT2D eigenvalue weighted by atomic mass is 19.1. The molecule has 0 radical (unpaired) electrons. The molecule has 6 heteroatoms. The number of amides is 1. The van der Waals surface area contributed by atoms with Crippen LogP contribution >= 0.6 is 0 Å². The number of benzene rings is 1. The summed E-state index contributed by atoms with van der Waals surface area (Å²) >= 11 is 0. The molecule has 0 saturated heterocycles. The highest BCUT2D eigenvalue weighted by molar-refractivity contribution is 5.64. The van der Waals surface area contributed by atoms with Crippen LogP contribution in [-0.4, -0.2) is 31.0 Å². The van der Waals surface area contributed by atoms with Gasteiger partial charge in [0, 0.05) is 12.6 Å². The predicted molar refractivity (Wildman–Crippen MR) is 57.1 cm³/mol. The molecule has 0 saturated carbocycles. The largest absolute Gasteiger partial charge is 0.486 e. The van der Waals surface area contributed by atoms with Crippen molar-refractivity contribution in [3.05, 3.63) is 23.5 Å². The molecule has 0 fully saturated rings. The van der Waals surface area contributed by atoms with E-state index in [0.717, 1.165) is 0 Å². The first-order valence-corrected chi connectivity index (χ1v) is 5.21. The highest BCUT2D eigenvalue weighted by Gasteiger charge is 2.15. The van der Waals surface area contributed by atoms with E-state index < -0.39 is 11.9 Å². The summed E-state index contributed by atoms with van der Waals surface area (Å²) in [7, 11) is 0. The van der Waals surface area contributed by atoms with Crippen molar-refractivity contribution in [1.82, 2.24) is 5.32 Å². The average molecular weight is 241 g/mol. The Morgan fingerprint density at radius 1 is 1.35 bits per heavy atom. The molecule has 0 aromatic heterocycles. The first kappa shape index (κ1) is 11.5. The third-order valence-corrected chi connectivity index (χ3v) is 2.38. The van der Waals surface area contributed by atoms with E-state index in [9.17, 15) is 9.18 Å². The molecular weight excluding hydrogens is 229 g/mol. The maximum atomic E-state index is 13.6. The quantitative estimate of drug-likeness (QED) is 0.839. The van der Waals surface area contributed by atoms with E-state index in [1.807, 2.05) is 0 Å². The molecule has 2 rings (SSSR count). The lowest BCUT2D eigenvalue weighted by molar-refractivity contribution is 0.170. The molecule has 0 bridgehead atoms. The molecular formula is C11H12FNO4. The van der Waals surface area contributed by atoms with Crippen molar-refractivity contribution in [2.24, 2.45) is 0 Å². The van der Waals surface area contributed by atoms with Crippen LogP contribution in [0.2, 0.25) is 0 Å². The van der Waals surface area contributed by atoms with E-state index >= 15 is 0 Å². The number of carbonyl (C=O) groups is 1. The molecule has 1 aliphatic rings. The summed E-state index contributed by atoms with van der Waals surface area (Å²) in [5.74, 6) is 0.480. The molecule has 2 N–H and O–H groups in total. The lowest BCUT2D eigenvalue weighted by Crippen LogP contribution is -2.23. The number of hydrogen-bond acceptors (Lipinski definition) is 3. The Labute approximate surface area is 97.1 Å². The Hall–Kier alpha value is -1.98. The molecule has 1 heterocycles. The zero-order chi connectivity index (χ0) is 12.3. The van der Waals surface area contributed by atoms with Crippen LogP contribution in [0.25, 0.3) is 0 Å². The Bertz CT molecular complexity index is 436. The fourth-order valence-electron chi connectivity index (χ4n) is 1.60. The van der Waals surface area contributed by atoms with Crippen LogP contribution in [-0.2, 0) is 6.42 Å². The van der Waals surface area contributed by atoms with E-state index in [1.165, 1.54) is 6.07 Å². The first-order chi connectivity index (χ1) is 8.16. The van der Waals surface area contributed by atoms with Crippen molar-refractivity contribution in [2.75, 3.05) is 19.8 Å². The van der Waals surface area contributed by atoms with Crippen LogP contribution in [0.1, 0.15) is 5.56 Å². The van der Waals surface area contributed by atoms with Crippen molar-refractivity contribution in [2.45, 2.75) is 6.42 Å². The summed E-state index contributed by atoms with van der Waals surface area (Å²) in [6, 6.07) is 2.82. The molecule has 0 aliphatic carbocycles. The molecule has 5 nitrogen and oxygen atoms in total. The number of nitrogens with one attached hydrogen (secondary N) is 1. The number of ether oxygens (including phenoxy) is 2. The molecule has 1 aliphatic heterocycles. The van der Waals surface area contributed by atoms with Crippen molar-refractivity contribution in [3.8, 4) is 11.5 Å². The minimum atomic E-state index is -1.12. The van der Waals surface area contributed by atoms with Crippen molar-refractivity contribution < 1.29 is 23.8 Å². The summed E-state index contributed by atoms with van der Waals surface area (Å²) in [6.45, 7) is 1.00. The zero-order valence-electron chi connectivity index (χ0n) is 9.03. The van der Waals surface area contributed by atoms with Gasteiger partial charge in [0.05, 0.1) is 0 Å². The summed E-state index contributed by atoms with van der Waals surface area (Å²) < 4.78 is 24.1. The van der Waals surface area contributed by atoms with Crippen LogP contribution in [0.5, 0.6) is 11.5 Å². The van der Waals surface area contributed by atoms with Crippen molar-refractivity contribution in [1.29, 1.82) is 0 Å². The van der Waals surface area contributed by atoms with Crippen LogP contribution in [0.3, 0.4) is 0 Å². The van der Waals surface area contributed by atoms with Gasteiger partial charge in [-0.25, -0.2) is 9.18 Å². The van der Waals surface area contributed by atoms with E-state index in [0.29, 0.717) is 30.3 Å². The van der Waals surface area contributed by atoms with Gasteiger partial charge in [0.15, 0.2) is 11.5 Å². The molecule has 0 atom stereocenters. The fourth-order valence-corrected chi connectivity index (χ4v) is 1.60. The van der Waals surface area contributed by atoms with E-state index in [-0.39, 0.29) is 13.0 Å². The molecule has 1 amide bonds. The van der Waals surface area contributed by atoms with Gasteiger partial charge in [-0.3, -0.25) is 0 Å². The van der Waals surface area contributed by atoms with Crippen molar-refractivity contribution in [3.63, 3.8) is 0 Å². The Kier molecular flexibility index (Phi) is 3.32. The first-order valence-electron chi connectivity index (χ1n) is 5.21. The molecule has 92 valence electrons. The second-order valence-corrected chi connectivity index (χ2v) is 3.57. The summed E-state index contributed by atoms with van der Waals surface area (Å²) in [5, 5.41) is 10.6. The third-order valence-electron chi connectivity index (χ3n) is 2.38. The van der Waals surface area contributed by atoms with E-state index in [1.54, 1.807) is 6.07 Å². The molecule has 1 aromatic rings. The van der Waals surface area contributed by atoms with Gasteiger partial charge in [-0.1, -0.05) is 0 Å². The van der Waals surface area contributed by atoms with Gasteiger partial charge >= 0.3 is 6.09 Å². The predicted octanol–water partition coefficient (Wildman–Crippen LogP) is 1.41. The summed E-state index contributed by atoms with van der Waals surface area (Å²) in [4.78, 5) is 10.3. The van der Waals surface area contributed by atoms with Crippen LogP contribution < -0.4 is 14.8 Å². The number of carboxylic acid groups (broad SMARTS) is 1. The maximum absolute atomic E-state index is 13.6. The standard InChI is InChI=1S/C11H12FNO4/c12-8-6-10-9(16-3-4-17-10)5-7(8)1-2-13-11(14)15/h5-6,13H,1-4H2,(H,14,15). The van der Waals surface area contributed by atoms with Gasteiger partial charge in [-0.15, -0.1) is 0 Å². The minimum absolute atomic E-state index is 0.159. The summed E-state index contributed by atoms with van der Waals surface area (Å²) in [5.41, 5.74) is 0.406. The third kappa shape index (κ3) is 2.77. The number of rotatable bonds is 3. The molecule has 17 heavy (non-hydrogen) atoms. The SMILES string of the molecule is O=C(O)NCCc1cc2c(cc1F)OCCO2. The monoisotopic (exact) mass is 241 g/mol. The highest BCUT2D eigenvalue weighted by Crippen LogP contribution is 2.32. The smallest absolute Gasteiger partial charge is 0.404 e. The van der Waals surface area contributed by atoms with E-state index in [4.69, 9.17) is 14.6 Å². The number of halogens is 1. The van der Waals surface area contributed by atoms with E-state index in [2.05, 4.69) is 5.32 Å². The second kappa shape index (κ2) is 4.90. The van der Waals surface area contributed by atoms with Crippen LogP contribution in [0.15, 0.2) is 12.1 Å². The van der Waals surface area contributed by atoms with Crippen LogP contribution in [0, 0.1) is 5.82 Å². The summed E-state index contributed by atoms with van der Waals surface area (Å²) in [6.07, 6.45) is -0.850. The minimum Gasteiger partial charge on any atom is -0.486 e. The normalized spacial score (nSPS) is 13.2. The zero-order valence-corrected chi connectivity index (χ0v) is 9.03. The Morgan fingerprint density at radius 3 is 2.65 bits per heavy atom.